The van der Waals surface area contributed by atoms with E-state index in [0.29, 0.717) is 0 Å². The van der Waals surface area contributed by atoms with Crippen molar-refractivity contribution >= 4 is 28.2 Å². The standard InChI is InChI=1S/C15H20ClN3/c1-15(2,8-5-9-16)11-17-14-10-18-19-13-7-4-3-6-12(13)14/h3-4,6-7,10H,5,8-9,11H2,1-2H3,(H,17,19). The molecule has 0 aliphatic heterocycles. The van der Waals surface area contributed by atoms with Gasteiger partial charge in [-0.05, 0) is 24.3 Å². The Hall–Kier alpha value is -1.35. The van der Waals surface area contributed by atoms with Crippen molar-refractivity contribution in [3.63, 3.8) is 0 Å². The van der Waals surface area contributed by atoms with Gasteiger partial charge in [0.05, 0.1) is 17.4 Å². The lowest BCUT2D eigenvalue weighted by atomic mass is 9.88. The van der Waals surface area contributed by atoms with Crippen molar-refractivity contribution in [2.45, 2.75) is 26.7 Å². The third kappa shape index (κ3) is 3.80. The van der Waals surface area contributed by atoms with Crippen LogP contribution < -0.4 is 5.32 Å². The molecule has 0 fully saturated rings. The maximum atomic E-state index is 5.76. The summed E-state index contributed by atoms with van der Waals surface area (Å²) in [5.41, 5.74) is 2.19. The van der Waals surface area contributed by atoms with Gasteiger partial charge in [0.1, 0.15) is 0 Å². The summed E-state index contributed by atoms with van der Waals surface area (Å²) in [4.78, 5) is 0. The van der Waals surface area contributed by atoms with E-state index in [4.69, 9.17) is 11.6 Å². The molecule has 1 heterocycles. The topological polar surface area (TPSA) is 37.8 Å². The minimum absolute atomic E-state index is 0.221. The largest absolute Gasteiger partial charge is 0.383 e. The number of anilines is 1. The summed E-state index contributed by atoms with van der Waals surface area (Å²) in [6.07, 6.45) is 3.95. The third-order valence-corrected chi connectivity index (χ3v) is 3.56. The van der Waals surface area contributed by atoms with Crippen molar-refractivity contribution in [2.75, 3.05) is 17.7 Å². The third-order valence-electron chi connectivity index (χ3n) is 3.29. The molecule has 1 aromatic carbocycles. The molecule has 0 spiro atoms. The van der Waals surface area contributed by atoms with E-state index in [1.54, 1.807) is 6.20 Å². The maximum absolute atomic E-state index is 5.76. The number of fused-ring (bicyclic) bond motifs is 1. The van der Waals surface area contributed by atoms with Gasteiger partial charge in [-0.2, -0.15) is 10.2 Å². The van der Waals surface area contributed by atoms with Gasteiger partial charge < -0.3 is 5.32 Å². The molecule has 0 radical (unpaired) electrons. The summed E-state index contributed by atoms with van der Waals surface area (Å²) in [6.45, 7) is 5.41. The summed E-state index contributed by atoms with van der Waals surface area (Å²) < 4.78 is 0. The minimum atomic E-state index is 0.221. The first-order chi connectivity index (χ1) is 9.12. The average Bonchev–Trinajstić information content (AvgIpc) is 2.43. The van der Waals surface area contributed by atoms with Gasteiger partial charge in [-0.25, -0.2) is 0 Å². The zero-order valence-electron chi connectivity index (χ0n) is 11.5. The fourth-order valence-corrected chi connectivity index (χ4v) is 2.25. The molecule has 3 nitrogen and oxygen atoms in total. The number of nitrogens with one attached hydrogen (secondary N) is 1. The molecule has 0 saturated carbocycles. The van der Waals surface area contributed by atoms with Crippen LogP contribution in [-0.4, -0.2) is 22.6 Å². The Morgan fingerprint density at radius 2 is 2.05 bits per heavy atom. The van der Waals surface area contributed by atoms with Crippen LogP contribution in [0, 0.1) is 5.41 Å². The number of aromatic nitrogens is 2. The number of rotatable bonds is 6. The normalized spacial score (nSPS) is 11.7. The first-order valence-electron chi connectivity index (χ1n) is 6.63. The number of nitrogens with zero attached hydrogens (tertiary/aromatic N) is 2. The van der Waals surface area contributed by atoms with E-state index in [1.807, 2.05) is 18.2 Å². The molecule has 2 rings (SSSR count). The van der Waals surface area contributed by atoms with Crippen molar-refractivity contribution in [1.29, 1.82) is 0 Å². The van der Waals surface area contributed by atoms with Crippen LogP contribution in [0.4, 0.5) is 5.69 Å². The highest BCUT2D eigenvalue weighted by molar-refractivity contribution is 6.17. The molecule has 0 bridgehead atoms. The Labute approximate surface area is 119 Å². The van der Waals surface area contributed by atoms with E-state index in [2.05, 4.69) is 35.4 Å². The number of benzene rings is 1. The molecule has 0 unspecified atom stereocenters. The number of halogens is 1. The summed E-state index contributed by atoms with van der Waals surface area (Å²) in [5.74, 6) is 0.725. The predicted molar refractivity (Wildman–Crippen MR) is 81.8 cm³/mol. The predicted octanol–water partition coefficient (Wildman–Crippen LogP) is 4.09. The summed E-state index contributed by atoms with van der Waals surface area (Å²) in [6, 6.07) is 8.04. The van der Waals surface area contributed by atoms with E-state index in [1.165, 1.54) is 0 Å². The van der Waals surface area contributed by atoms with Crippen molar-refractivity contribution in [3.8, 4) is 0 Å². The van der Waals surface area contributed by atoms with E-state index < -0.39 is 0 Å². The SMILES string of the molecule is CC(C)(CCCCl)CNc1cnnc2ccccc12. The Bertz CT molecular complexity index is 534. The van der Waals surface area contributed by atoms with Crippen LogP contribution >= 0.6 is 11.6 Å². The van der Waals surface area contributed by atoms with Gasteiger partial charge in [0, 0.05) is 17.8 Å². The van der Waals surface area contributed by atoms with Gasteiger partial charge in [0.2, 0.25) is 0 Å². The fourth-order valence-electron chi connectivity index (χ4n) is 2.12. The smallest absolute Gasteiger partial charge is 0.0950 e. The summed E-state index contributed by atoms with van der Waals surface area (Å²) in [7, 11) is 0. The second-order valence-corrected chi connectivity index (χ2v) is 5.96. The molecule has 4 heteroatoms. The Morgan fingerprint density at radius 1 is 1.26 bits per heavy atom. The van der Waals surface area contributed by atoms with Gasteiger partial charge in [0.25, 0.3) is 0 Å². The quantitative estimate of drug-likeness (QED) is 0.808. The highest BCUT2D eigenvalue weighted by Gasteiger charge is 2.17. The molecular formula is C15H20ClN3. The van der Waals surface area contributed by atoms with Crippen LogP contribution in [-0.2, 0) is 0 Å². The van der Waals surface area contributed by atoms with E-state index >= 15 is 0 Å². The van der Waals surface area contributed by atoms with Gasteiger partial charge >= 0.3 is 0 Å². The lowest BCUT2D eigenvalue weighted by Crippen LogP contribution is -2.23. The molecule has 0 aliphatic carbocycles. The van der Waals surface area contributed by atoms with Crippen LogP contribution in [0.2, 0.25) is 0 Å². The highest BCUT2D eigenvalue weighted by Crippen LogP contribution is 2.25. The Kier molecular flexibility index (Phi) is 4.59. The van der Waals surface area contributed by atoms with Crippen molar-refractivity contribution < 1.29 is 0 Å². The Balaban J connectivity index is 2.09. The fraction of sp³-hybridized carbons (Fsp3) is 0.467. The lowest BCUT2D eigenvalue weighted by molar-refractivity contribution is 0.355. The maximum Gasteiger partial charge on any atom is 0.0950 e. The van der Waals surface area contributed by atoms with E-state index in [-0.39, 0.29) is 5.41 Å². The number of hydrogen-bond donors (Lipinski definition) is 1. The van der Waals surface area contributed by atoms with Crippen LogP contribution in [0.15, 0.2) is 30.5 Å². The van der Waals surface area contributed by atoms with Gasteiger partial charge in [-0.1, -0.05) is 32.0 Å². The van der Waals surface area contributed by atoms with Gasteiger partial charge in [-0.15, -0.1) is 11.6 Å². The molecule has 0 aliphatic rings. The molecule has 0 saturated heterocycles. The Morgan fingerprint density at radius 3 is 2.84 bits per heavy atom. The zero-order chi connectivity index (χ0) is 13.7. The molecule has 0 amide bonds. The van der Waals surface area contributed by atoms with Crippen LogP contribution in [0.1, 0.15) is 26.7 Å². The van der Waals surface area contributed by atoms with Crippen molar-refractivity contribution in [1.82, 2.24) is 10.2 Å². The van der Waals surface area contributed by atoms with E-state index in [9.17, 15) is 0 Å². The average molecular weight is 278 g/mol. The first-order valence-corrected chi connectivity index (χ1v) is 7.16. The summed E-state index contributed by atoms with van der Waals surface area (Å²) in [5, 5.41) is 12.8. The van der Waals surface area contributed by atoms with Gasteiger partial charge in [-0.3, -0.25) is 0 Å². The molecule has 1 aromatic heterocycles. The monoisotopic (exact) mass is 277 g/mol. The van der Waals surface area contributed by atoms with Crippen LogP contribution in [0.3, 0.4) is 0 Å². The lowest BCUT2D eigenvalue weighted by Gasteiger charge is -2.25. The molecule has 0 atom stereocenters. The van der Waals surface area contributed by atoms with Crippen LogP contribution in [0.25, 0.3) is 10.9 Å². The first kappa shape index (κ1) is 14.1. The molecule has 102 valence electrons. The van der Waals surface area contributed by atoms with Crippen LogP contribution in [0.5, 0.6) is 0 Å². The second kappa shape index (κ2) is 6.20. The molecule has 2 aromatic rings. The minimum Gasteiger partial charge on any atom is -0.383 e. The summed E-state index contributed by atoms with van der Waals surface area (Å²) >= 11 is 5.76. The second-order valence-electron chi connectivity index (χ2n) is 5.59. The number of alkyl halides is 1. The van der Waals surface area contributed by atoms with Gasteiger partial charge in [0.15, 0.2) is 0 Å². The van der Waals surface area contributed by atoms with Crippen molar-refractivity contribution in [3.05, 3.63) is 30.5 Å². The number of hydrogen-bond acceptors (Lipinski definition) is 3. The molecular weight excluding hydrogens is 258 g/mol. The zero-order valence-corrected chi connectivity index (χ0v) is 12.2. The molecule has 1 N–H and O–H groups in total. The highest BCUT2D eigenvalue weighted by atomic mass is 35.5. The van der Waals surface area contributed by atoms with Crippen molar-refractivity contribution in [2.24, 2.45) is 5.41 Å². The molecule has 19 heavy (non-hydrogen) atoms. The van der Waals surface area contributed by atoms with E-state index in [0.717, 1.165) is 41.9 Å².